The van der Waals surface area contributed by atoms with Crippen molar-refractivity contribution < 1.29 is 32.6 Å². The highest BCUT2D eigenvalue weighted by atomic mass is 32.2. The number of carbonyl (C=O) groups excluding carboxylic acids is 1. The molecule has 168 valence electrons. The number of rotatable bonds is 8. The molecule has 0 spiro atoms. The zero-order chi connectivity index (χ0) is 23.8. The van der Waals surface area contributed by atoms with Gasteiger partial charge in [-0.2, -0.15) is 0 Å². The number of aromatic carboxylic acids is 1. The van der Waals surface area contributed by atoms with E-state index in [0.29, 0.717) is 17.1 Å². The average Bonchev–Trinajstić information content (AvgIpc) is 2.72. The summed E-state index contributed by atoms with van der Waals surface area (Å²) >= 11 is 0. The van der Waals surface area contributed by atoms with E-state index in [4.69, 9.17) is 9.47 Å². The molecule has 8 nitrogen and oxygen atoms in total. The summed E-state index contributed by atoms with van der Waals surface area (Å²) in [5, 5.41) is 10.2. The minimum absolute atomic E-state index is 0.0508. The van der Waals surface area contributed by atoms with Gasteiger partial charge in [0.15, 0.2) is 5.78 Å². The molecule has 0 saturated heterocycles. The van der Waals surface area contributed by atoms with Crippen molar-refractivity contribution >= 4 is 48.1 Å². The quantitative estimate of drug-likeness (QED) is 0.348. The standard InChI is InChI=1S/C19H20NO7PS.C2H6/c1-26-16-10-17(27-2)18(28)8-11(16)4-7-15(21)13-6-5-12(20-29(3,24)25)9-14(13)19(22)23;1-2/h4-10,20H,28H2,1-3H3,(H,22,23);1-2H3/b7-4+;. The van der Waals surface area contributed by atoms with Gasteiger partial charge in [0.05, 0.1) is 26.0 Å². The monoisotopic (exact) mass is 467 g/mol. The predicted molar refractivity (Wildman–Crippen MR) is 125 cm³/mol. The highest BCUT2D eigenvalue weighted by molar-refractivity contribution is 7.92. The molecule has 0 aliphatic rings. The number of nitrogens with one attached hydrogen (secondary N) is 1. The highest BCUT2D eigenvalue weighted by Gasteiger charge is 2.17. The zero-order valence-corrected chi connectivity index (χ0v) is 19.9. The van der Waals surface area contributed by atoms with Crippen LogP contribution in [0.5, 0.6) is 11.5 Å². The molecule has 0 aliphatic heterocycles. The summed E-state index contributed by atoms with van der Waals surface area (Å²) in [4.78, 5) is 24.1. The summed E-state index contributed by atoms with van der Waals surface area (Å²) in [6, 6.07) is 7.09. The molecule has 2 rings (SSSR count). The number of carboxylic acids is 1. The van der Waals surface area contributed by atoms with Crippen molar-refractivity contribution in [1.82, 2.24) is 0 Å². The maximum Gasteiger partial charge on any atom is 0.336 e. The first-order chi connectivity index (χ1) is 14.6. The highest BCUT2D eigenvalue weighted by Crippen LogP contribution is 2.26. The van der Waals surface area contributed by atoms with E-state index >= 15 is 0 Å². The SMILES string of the molecule is CC.COc1cc(OC)c(/C=C/C(=O)c2ccc(NS(C)(=O)=O)cc2C(=O)O)cc1P. The van der Waals surface area contributed by atoms with Gasteiger partial charge < -0.3 is 14.6 Å². The second-order valence-corrected chi connectivity index (χ2v) is 8.34. The molecule has 1 atom stereocenters. The van der Waals surface area contributed by atoms with E-state index in [-0.39, 0.29) is 16.8 Å². The van der Waals surface area contributed by atoms with Crippen LogP contribution >= 0.6 is 9.24 Å². The van der Waals surface area contributed by atoms with Crippen LogP contribution in [0.25, 0.3) is 6.08 Å². The molecule has 0 fully saturated rings. The summed E-state index contributed by atoms with van der Waals surface area (Å²) in [6.07, 6.45) is 3.67. The number of carbonyl (C=O) groups is 2. The lowest BCUT2D eigenvalue weighted by Gasteiger charge is -2.10. The van der Waals surface area contributed by atoms with Crippen LogP contribution in [0.1, 0.15) is 40.1 Å². The fourth-order valence-electron chi connectivity index (χ4n) is 2.55. The van der Waals surface area contributed by atoms with E-state index in [1.165, 1.54) is 38.5 Å². The van der Waals surface area contributed by atoms with E-state index in [1.807, 2.05) is 13.8 Å². The van der Waals surface area contributed by atoms with Crippen molar-refractivity contribution in [3.63, 3.8) is 0 Å². The average molecular weight is 467 g/mol. The van der Waals surface area contributed by atoms with Crippen LogP contribution in [0, 0.1) is 0 Å². The first kappa shape index (κ1) is 26.1. The Balaban J connectivity index is 0.00000233. The van der Waals surface area contributed by atoms with Crippen LogP contribution in [0.15, 0.2) is 36.4 Å². The van der Waals surface area contributed by atoms with E-state index in [2.05, 4.69) is 14.0 Å². The minimum atomic E-state index is -3.58. The molecule has 0 saturated carbocycles. The van der Waals surface area contributed by atoms with E-state index < -0.39 is 21.8 Å². The predicted octanol–water partition coefficient (Wildman–Crippen LogP) is 3.20. The van der Waals surface area contributed by atoms with Gasteiger partial charge in [-0.1, -0.05) is 13.8 Å². The maximum absolute atomic E-state index is 12.6. The lowest BCUT2D eigenvalue weighted by Crippen LogP contribution is -2.12. The first-order valence-electron chi connectivity index (χ1n) is 9.14. The van der Waals surface area contributed by atoms with Crippen molar-refractivity contribution in [3.05, 3.63) is 53.1 Å². The van der Waals surface area contributed by atoms with E-state index in [0.717, 1.165) is 17.6 Å². The third kappa shape index (κ3) is 7.38. The summed E-state index contributed by atoms with van der Waals surface area (Å²) < 4.78 is 35.4. The normalized spacial score (nSPS) is 10.8. The Kier molecular flexibility index (Phi) is 9.68. The van der Waals surface area contributed by atoms with Gasteiger partial charge in [0.25, 0.3) is 0 Å². The van der Waals surface area contributed by atoms with Gasteiger partial charge in [0, 0.05) is 28.2 Å². The summed E-state index contributed by atoms with van der Waals surface area (Å²) in [6.45, 7) is 4.00. The summed E-state index contributed by atoms with van der Waals surface area (Å²) in [7, 11) is 1.93. The fourth-order valence-corrected chi connectivity index (χ4v) is 3.48. The molecule has 10 heteroatoms. The van der Waals surface area contributed by atoms with Gasteiger partial charge in [-0.25, -0.2) is 13.2 Å². The molecule has 2 aromatic rings. The van der Waals surface area contributed by atoms with Gasteiger partial charge in [-0.15, -0.1) is 9.24 Å². The van der Waals surface area contributed by atoms with Crippen LogP contribution < -0.4 is 19.5 Å². The number of allylic oxidation sites excluding steroid dienone is 1. The Bertz CT molecular complexity index is 1100. The molecule has 1 unspecified atom stereocenters. The Morgan fingerprint density at radius 1 is 1.03 bits per heavy atom. The van der Waals surface area contributed by atoms with Crippen molar-refractivity contribution in [2.24, 2.45) is 0 Å². The Morgan fingerprint density at radius 2 is 1.65 bits per heavy atom. The zero-order valence-electron chi connectivity index (χ0n) is 17.9. The number of carboxylic acid groups (broad SMARTS) is 1. The van der Waals surface area contributed by atoms with E-state index in [9.17, 15) is 23.1 Å². The number of anilines is 1. The van der Waals surface area contributed by atoms with Crippen molar-refractivity contribution in [2.45, 2.75) is 13.8 Å². The maximum atomic E-state index is 12.6. The largest absolute Gasteiger partial charge is 0.496 e. The topological polar surface area (TPSA) is 119 Å². The number of methoxy groups -OCH3 is 2. The molecule has 0 amide bonds. The minimum Gasteiger partial charge on any atom is -0.496 e. The lowest BCUT2D eigenvalue weighted by atomic mass is 10.0. The van der Waals surface area contributed by atoms with Gasteiger partial charge in [-0.05, 0) is 36.4 Å². The van der Waals surface area contributed by atoms with Crippen LogP contribution in [-0.2, 0) is 10.0 Å². The second-order valence-electron chi connectivity index (χ2n) is 5.97. The number of hydrogen-bond acceptors (Lipinski definition) is 6. The lowest BCUT2D eigenvalue weighted by molar-refractivity contribution is 0.0693. The summed E-state index contributed by atoms with van der Waals surface area (Å²) in [5.74, 6) is -0.842. The number of ketones is 1. The molecule has 0 bridgehead atoms. The van der Waals surface area contributed by atoms with Crippen LogP contribution in [0.2, 0.25) is 0 Å². The molecule has 0 radical (unpaired) electrons. The van der Waals surface area contributed by atoms with Crippen LogP contribution in [0.3, 0.4) is 0 Å². The third-order valence-electron chi connectivity index (χ3n) is 3.82. The first-order valence-corrected chi connectivity index (χ1v) is 11.6. The molecular formula is C21H26NO7PS. The van der Waals surface area contributed by atoms with Crippen molar-refractivity contribution in [3.8, 4) is 11.5 Å². The molecule has 0 heterocycles. The second kappa shape index (κ2) is 11.5. The van der Waals surface area contributed by atoms with Gasteiger partial charge in [0.2, 0.25) is 10.0 Å². The molecule has 31 heavy (non-hydrogen) atoms. The van der Waals surface area contributed by atoms with Gasteiger partial charge >= 0.3 is 5.97 Å². The summed E-state index contributed by atoms with van der Waals surface area (Å²) in [5.41, 5.74) is 0.252. The number of benzene rings is 2. The molecular weight excluding hydrogens is 441 g/mol. The molecule has 0 aromatic heterocycles. The fraction of sp³-hybridized carbons (Fsp3) is 0.238. The Labute approximate surface area is 184 Å². The Hall–Kier alpha value is -2.90. The number of ether oxygens (including phenoxy) is 2. The van der Waals surface area contributed by atoms with Gasteiger partial charge in [0.1, 0.15) is 11.5 Å². The van der Waals surface area contributed by atoms with Crippen LogP contribution in [0.4, 0.5) is 5.69 Å². The third-order valence-corrected chi connectivity index (χ3v) is 4.87. The van der Waals surface area contributed by atoms with Crippen molar-refractivity contribution in [1.29, 1.82) is 0 Å². The van der Waals surface area contributed by atoms with Crippen molar-refractivity contribution in [2.75, 3.05) is 25.2 Å². The Morgan fingerprint density at radius 3 is 2.16 bits per heavy atom. The molecule has 2 N–H and O–H groups in total. The smallest absolute Gasteiger partial charge is 0.336 e. The molecule has 0 aliphatic carbocycles. The number of sulfonamides is 1. The van der Waals surface area contributed by atoms with E-state index in [1.54, 1.807) is 12.1 Å². The molecule has 2 aromatic carbocycles. The van der Waals surface area contributed by atoms with Crippen LogP contribution in [-0.4, -0.2) is 45.8 Å². The number of hydrogen-bond donors (Lipinski definition) is 2. The van der Waals surface area contributed by atoms with Gasteiger partial charge in [-0.3, -0.25) is 9.52 Å².